The van der Waals surface area contributed by atoms with Gasteiger partial charge in [0.1, 0.15) is 18.2 Å². The topological polar surface area (TPSA) is 103 Å². The number of carbonyl (C=O) groups excluding carboxylic acids is 2. The standard InChI is InChI=1S/C29H28FN3O5/c1-19(2)16-24(25(34)17-33-27(32-38-29(33)36)21-12-14-22(30)15-13-21)31-28(35)23-10-6-7-11-26(23)37-18-20-8-4-3-5-9-20/h3-15,19,24H,16-18H2,1-2H3,(H,31,35)/t24-/m0/s1. The van der Waals surface area contributed by atoms with Crippen molar-refractivity contribution >= 4 is 11.7 Å². The Morgan fingerprint density at radius 2 is 1.68 bits per heavy atom. The number of carbonyl (C=O) groups is 2. The van der Waals surface area contributed by atoms with Gasteiger partial charge in [-0.15, -0.1) is 0 Å². The normalized spacial score (nSPS) is 11.8. The zero-order chi connectivity index (χ0) is 27.1. The van der Waals surface area contributed by atoms with Gasteiger partial charge in [-0.2, -0.15) is 0 Å². The molecule has 1 N–H and O–H groups in total. The Hall–Kier alpha value is -4.53. The highest BCUT2D eigenvalue weighted by Crippen LogP contribution is 2.21. The van der Waals surface area contributed by atoms with Crippen molar-refractivity contribution in [3.05, 3.63) is 106 Å². The maximum Gasteiger partial charge on any atom is 0.442 e. The van der Waals surface area contributed by atoms with Crippen molar-refractivity contribution in [3.8, 4) is 17.1 Å². The predicted octanol–water partition coefficient (Wildman–Crippen LogP) is 4.64. The molecule has 1 heterocycles. The van der Waals surface area contributed by atoms with Gasteiger partial charge < -0.3 is 10.1 Å². The summed E-state index contributed by atoms with van der Waals surface area (Å²) in [5.74, 6) is -1.59. The average Bonchev–Trinajstić information content (AvgIpc) is 3.27. The monoisotopic (exact) mass is 517 g/mol. The first kappa shape index (κ1) is 26.5. The lowest BCUT2D eigenvalue weighted by Crippen LogP contribution is -2.44. The molecule has 0 aliphatic rings. The van der Waals surface area contributed by atoms with Crippen LogP contribution in [0.1, 0.15) is 36.2 Å². The van der Waals surface area contributed by atoms with E-state index in [-0.39, 0.29) is 24.9 Å². The first-order valence-corrected chi connectivity index (χ1v) is 12.2. The minimum absolute atomic E-state index is 0.0737. The molecule has 0 spiro atoms. The molecule has 38 heavy (non-hydrogen) atoms. The number of ketones is 1. The molecule has 0 aliphatic heterocycles. The lowest BCUT2D eigenvalue weighted by atomic mass is 9.99. The maximum atomic E-state index is 13.4. The summed E-state index contributed by atoms with van der Waals surface area (Å²) in [5, 5.41) is 6.57. The van der Waals surface area contributed by atoms with Crippen LogP contribution >= 0.6 is 0 Å². The predicted molar refractivity (Wildman–Crippen MR) is 139 cm³/mol. The number of rotatable bonds is 11. The number of hydrogen-bond donors (Lipinski definition) is 1. The highest BCUT2D eigenvalue weighted by Gasteiger charge is 2.26. The zero-order valence-electron chi connectivity index (χ0n) is 21.1. The minimum atomic E-state index is -0.882. The first-order chi connectivity index (χ1) is 18.3. The van der Waals surface area contributed by atoms with E-state index in [1.807, 2.05) is 44.2 Å². The van der Waals surface area contributed by atoms with Crippen LogP contribution in [-0.2, 0) is 17.9 Å². The summed E-state index contributed by atoms with van der Waals surface area (Å²) in [5.41, 5.74) is 1.66. The number of amides is 1. The highest BCUT2D eigenvalue weighted by molar-refractivity contribution is 6.00. The SMILES string of the molecule is CC(C)C[C@H](NC(=O)c1ccccc1OCc1ccccc1)C(=O)Cn1c(-c2ccc(F)cc2)noc1=O. The largest absolute Gasteiger partial charge is 0.488 e. The van der Waals surface area contributed by atoms with E-state index < -0.39 is 29.3 Å². The number of ether oxygens (including phenoxy) is 1. The molecule has 0 bridgehead atoms. The summed E-state index contributed by atoms with van der Waals surface area (Å²) in [6, 6.07) is 20.8. The highest BCUT2D eigenvalue weighted by atomic mass is 19.1. The molecule has 0 radical (unpaired) electrons. The van der Waals surface area contributed by atoms with E-state index in [9.17, 15) is 18.8 Å². The van der Waals surface area contributed by atoms with Crippen LogP contribution in [0.3, 0.4) is 0 Å². The van der Waals surface area contributed by atoms with E-state index in [2.05, 4.69) is 10.5 Å². The van der Waals surface area contributed by atoms with E-state index in [1.54, 1.807) is 24.3 Å². The molecule has 0 unspecified atom stereocenters. The number of halogens is 1. The van der Waals surface area contributed by atoms with E-state index in [0.717, 1.165) is 10.1 Å². The summed E-state index contributed by atoms with van der Waals surface area (Å²) < 4.78 is 25.1. The fourth-order valence-electron chi connectivity index (χ4n) is 3.97. The van der Waals surface area contributed by atoms with Gasteiger partial charge in [0, 0.05) is 5.56 Å². The molecule has 3 aromatic carbocycles. The molecule has 0 saturated heterocycles. The number of Topliss-reactive ketones (excluding diaryl/α,β-unsaturated/α-hetero) is 1. The van der Waals surface area contributed by atoms with Gasteiger partial charge in [-0.25, -0.2) is 13.8 Å². The van der Waals surface area contributed by atoms with Crippen LogP contribution in [0.5, 0.6) is 5.75 Å². The number of aromatic nitrogens is 2. The molecule has 1 atom stereocenters. The second-order valence-corrected chi connectivity index (χ2v) is 9.26. The van der Waals surface area contributed by atoms with E-state index in [1.165, 1.54) is 24.3 Å². The van der Waals surface area contributed by atoms with Gasteiger partial charge in [0.2, 0.25) is 0 Å². The van der Waals surface area contributed by atoms with Crippen molar-refractivity contribution in [2.75, 3.05) is 0 Å². The molecular formula is C29H28FN3O5. The Kier molecular flexibility index (Phi) is 8.47. The molecule has 1 aromatic heterocycles. The number of para-hydroxylation sites is 1. The Labute approximate surface area is 219 Å². The van der Waals surface area contributed by atoms with Gasteiger partial charge in [0.25, 0.3) is 5.91 Å². The fraction of sp³-hybridized carbons (Fsp3) is 0.241. The molecule has 9 heteroatoms. The molecule has 0 aliphatic carbocycles. The van der Waals surface area contributed by atoms with Crippen molar-refractivity contribution in [3.63, 3.8) is 0 Å². The third-order valence-electron chi connectivity index (χ3n) is 5.87. The molecule has 4 rings (SSSR count). The summed E-state index contributed by atoms with van der Waals surface area (Å²) in [7, 11) is 0. The van der Waals surface area contributed by atoms with E-state index in [0.29, 0.717) is 23.3 Å². The van der Waals surface area contributed by atoms with Crippen LogP contribution in [0.25, 0.3) is 11.4 Å². The fourth-order valence-corrected chi connectivity index (χ4v) is 3.97. The minimum Gasteiger partial charge on any atom is -0.488 e. The zero-order valence-corrected chi connectivity index (χ0v) is 21.1. The third-order valence-corrected chi connectivity index (χ3v) is 5.87. The van der Waals surface area contributed by atoms with Gasteiger partial charge in [-0.1, -0.05) is 61.5 Å². The van der Waals surface area contributed by atoms with Crippen LogP contribution in [0.4, 0.5) is 4.39 Å². The van der Waals surface area contributed by atoms with Crippen LogP contribution in [0, 0.1) is 11.7 Å². The molecule has 196 valence electrons. The van der Waals surface area contributed by atoms with E-state index >= 15 is 0 Å². The van der Waals surface area contributed by atoms with Crippen molar-refractivity contribution in [2.24, 2.45) is 5.92 Å². The van der Waals surface area contributed by atoms with Crippen molar-refractivity contribution in [1.82, 2.24) is 15.0 Å². The van der Waals surface area contributed by atoms with Gasteiger partial charge in [-0.3, -0.25) is 14.1 Å². The van der Waals surface area contributed by atoms with Crippen molar-refractivity contribution in [1.29, 1.82) is 0 Å². The quantitative estimate of drug-likeness (QED) is 0.311. The molecule has 1 amide bonds. The van der Waals surface area contributed by atoms with Gasteiger partial charge >= 0.3 is 5.76 Å². The summed E-state index contributed by atoms with van der Waals surface area (Å²) in [6.07, 6.45) is 0.351. The van der Waals surface area contributed by atoms with Crippen molar-refractivity contribution in [2.45, 2.75) is 39.5 Å². The lowest BCUT2D eigenvalue weighted by Gasteiger charge is -2.21. The number of nitrogens with one attached hydrogen (secondary N) is 1. The number of nitrogens with zero attached hydrogens (tertiary/aromatic N) is 2. The third kappa shape index (κ3) is 6.61. The Morgan fingerprint density at radius 1 is 1.00 bits per heavy atom. The molecule has 4 aromatic rings. The second kappa shape index (κ2) is 12.1. The molecular weight excluding hydrogens is 489 g/mol. The van der Waals surface area contributed by atoms with E-state index in [4.69, 9.17) is 9.26 Å². The van der Waals surface area contributed by atoms with Crippen molar-refractivity contribution < 1.29 is 23.2 Å². The summed E-state index contributed by atoms with van der Waals surface area (Å²) in [6.45, 7) is 3.76. The Balaban J connectivity index is 1.52. The second-order valence-electron chi connectivity index (χ2n) is 9.26. The van der Waals surface area contributed by atoms with Gasteiger partial charge in [0.05, 0.1) is 18.2 Å². The first-order valence-electron chi connectivity index (χ1n) is 12.2. The molecule has 0 saturated carbocycles. The van der Waals surface area contributed by atoms with Gasteiger partial charge in [-0.05, 0) is 54.3 Å². The summed E-state index contributed by atoms with van der Waals surface area (Å²) in [4.78, 5) is 39.0. The van der Waals surface area contributed by atoms with Crippen LogP contribution < -0.4 is 15.8 Å². The van der Waals surface area contributed by atoms with Crippen LogP contribution in [0.15, 0.2) is 88.2 Å². The van der Waals surface area contributed by atoms with Crippen LogP contribution in [0.2, 0.25) is 0 Å². The lowest BCUT2D eigenvalue weighted by molar-refractivity contribution is -0.121. The van der Waals surface area contributed by atoms with Crippen LogP contribution in [-0.4, -0.2) is 27.5 Å². The average molecular weight is 518 g/mol. The Morgan fingerprint density at radius 3 is 2.39 bits per heavy atom. The molecule has 8 nitrogen and oxygen atoms in total. The maximum absolute atomic E-state index is 13.4. The Bertz CT molecular complexity index is 1450. The smallest absolute Gasteiger partial charge is 0.442 e. The summed E-state index contributed by atoms with van der Waals surface area (Å²) >= 11 is 0. The van der Waals surface area contributed by atoms with Gasteiger partial charge in [0.15, 0.2) is 11.6 Å². The number of benzene rings is 3. The molecule has 0 fully saturated rings. The number of hydrogen-bond acceptors (Lipinski definition) is 6.